The third-order valence-corrected chi connectivity index (χ3v) is 4.28. The highest BCUT2D eigenvalue weighted by molar-refractivity contribution is 6.37. The number of benzene rings is 1. The molecule has 1 aromatic carbocycles. The lowest BCUT2D eigenvalue weighted by molar-refractivity contribution is 0.136. The summed E-state index contributed by atoms with van der Waals surface area (Å²) in [6.45, 7) is 1.17. The van der Waals surface area contributed by atoms with Crippen LogP contribution in [-0.4, -0.2) is 29.2 Å². The van der Waals surface area contributed by atoms with Crippen LogP contribution in [0.5, 0.6) is 5.75 Å². The summed E-state index contributed by atoms with van der Waals surface area (Å²) in [6.07, 6.45) is 5.16. The maximum atomic E-state index is 14.8. The Balaban J connectivity index is 2.16. The van der Waals surface area contributed by atoms with Crippen LogP contribution in [0.25, 0.3) is 11.1 Å². The summed E-state index contributed by atoms with van der Waals surface area (Å²) in [5.41, 5.74) is -0.390. The summed E-state index contributed by atoms with van der Waals surface area (Å²) in [5, 5.41) is 0.385. The molecule has 0 saturated carbocycles. The molecule has 0 N–H and O–H groups in total. The highest BCUT2D eigenvalue weighted by Gasteiger charge is 2.25. The molecular weight excluding hydrogens is 358 g/mol. The van der Waals surface area contributed by atoms with Gasteiger partial charge in [0.1, 0.15) is 17.9 Å². The summed E-state index contributed by atoms with van der Waals surface area (Å²) in [6, 6.07) is 2.83. The molecule has 1 aromatic heterocycles. The second-order valence-electron chi connectivity index (χ2n) is 5.08. The molecule has 2 aromatic rings. The summed E-state index contributed by atoms with van der Waals surface area (Å²) in [7, 11) is 0. The standard InChI is InChI=1S/C16H13Cl2FN2O3/c1-2-5-24-13-8-10(11(17)9-12(13)18)14-15(19)20-3-6-23-7-4-21(20)16(14)22/h1,8-9H,3-7H2. The Hall–Kier alpha value is -1.94. The van der Waals surface area contributed by atoms with Gasteiger partial charge in [0.05, 0.1) is 36.3 Å². The van der Waals surface area contributed by atoms with Crippen molar-refractivity contribution in [2.75, 3.05) is 19.8 Å². The van der Waals surface area contributed by atoms with Crippen molar-refractivity contribution in [3.8, 4) is 29.2 Å². The molecular formula is C16H13Cl2FN2O3. The lowest BCUT2D eigenvalue weighted by Crippen LogP contribution is -2.23. The third kappa shape index (κ3) is 2.91. The van der Waals surface area contributed by atoms with Gasteiger partial charge in [0.25, 0.3) is 5.56 Å². The molecule has 1 aliphatic heterocycles. The van der Waals surface area contributed by atoms with Crippen LogP contribution in [0.1, 0.15) is 0 Å². The molecule has 0 aliphatic carbocycles. The maximum Gasteiger partial charge on any atom is 0.277 e. The number of fused-ring (bicyclic) bond motifs is 1. The maximum absolute atomic E-state index is 14.8. The predicted octanol–water partition coefficient (Wildman–Crippen LogP) is 2.80. The van der Waals surface area contributed by atoms with E-state index in [0.717, 1.165) is 0 Å². The highest BCUT2D eigenvalue weighted by Crippen LogP contribution is 2.36. The van der Waals surface area contributed by atoms with Crippen molar-refractivity contribution in [1.29, 1.82) is 0 Å². The monoisotopic (exact) mass is 370 g/mol. The number of terminal acetylenes is 1. The smallest absolute Gasteiger partial charge is 0.277 e. The van der Waals surface area contributed by atoms with Crippen molar-refractivity contribution in [2.45, 2.75) is 13.1 Å². The van der Waals surface area contributed by atoms with Crippen LogP contribution in [0.4, 0.5) is 4.39 Å². The van der Waals surface area contributed by atoms with Crippen molar-refractivity contribution in [3.05, 3.63) is 38.5 Å². The van der Waals surface area contributed by atoms with E-state index in [4.69, 9.17) is 39.1 Å². The van der Waals surface area contributed by atoms with Crippen molar-refractivity contribution in [3.63, 3.8) is 0 Å². The molecule has 0 unspecified atom stereocenters. The van der Waals surface area contributed by atoms with Crippen molar-refractivity contribution >= 4 is 23.2 Å². The Morgan fingerprint density at radius 3 is 2.67 bits per heavy atom. The minimum atomic E-state index is -0.669. The van der Waals surface area contributed by atoms with Gasteiger partial charge in [-0.25, -0.2) is 4.68 Å². The van der Waals surface area contributed by atoms with Gasteiger partial charge in [-0.15, -0.1) is 6.42 Å². The minimum absolute atomic E-state index is 0.00808. The first-order valence-corrected chi connectivity index (χ1v) is 7.92. The average Bonchev–Trinajstić information content (AvgIpc) is 2.74. The van der Waals surface area contributed by atoms with Gasteiger partial charge in [-0.2, -0.15) is 4.39 Å². The molecule has 2 heterocycles. The Morgan fingerprint density at radius 2 is 1.96 bits per heavy atom. The van der Waals surface area contributed by atoms with Gasteiger partial charge in [0, 0.05) is 5.56 Å². The molecule has 0 fully saturated rings. The molecule has 5 nitrogen and oxygen atoms in total. The Labute approximate surface area is 147 Å². The van der Waals surface area contributed by atoms with Crippen LogP contribution in [0.2, 0.25) is 10.0 Å². The van der Waals surface area contributed by atoms with Crippen LogP contribution in [0, 0.1) is 18.3 Å². The van der Waals surface area contributed by atoms with Crippen LogP contribution in [0.3, 0.4) is 0 Å². The van der Waals surface area contributed by atoms with Crippen LogP contribution < -0.4 is 10.3 Å². The largest absolute Gasteiger partial charge is 0.479 e. The van der Waals surface area contributed by atoms with E-state index in [2.05, 4.69) is 5.92 Å². The first kappa shape index (κ1) is 16.9. The van der Waals surface area contributed by atoms with Gasteiger partial charge in [-0.05, 0) is 12.1 Å². The van der Waals surface area contributed by atoms with Gasteiger partial charge in [-0.1, -0.05) is 29.1 Å². The number of halogens is 3. The molecule has 3 rings (SSSR count). The first-order valence-electron chi connectivity index (χ1n) is 7.17. The summed E-state index contributed by atoms with van der Waals surface area (Å²) >= 11 is 12.2. The van der Waals surface area contributed by atoms with Gasteiger partial charge < -0.3 is 9.47 Å². The number of rotatable bonds is 3. The zero-order valence-corrected chi connectivity index (χ0v) is 14.0. The molecule has 0 radical (unpaired) electrons. The Morgan fingerprint density at radius 1 is 1.25 bits per heavy atom. The molecule has 8 heteroatoms. The van der Waals surface area contributed by atoms with Crippen molar-refractivity contribution in [1.82, 2.24) is 9.36 Å². The van der Waals surface area contributed by atoms with Crippen molar-refractivity contribution in [2.24, 2.45) is 0 Å². The molecule has 1 aliphatic rings. The van der Waals surface area contributed by atoms with Gasteiger partial charge in [0.15, 0.2) is 0 Å². The number of nitrogens with zero attached hydrogens (tertiary/aromatic N) is 2. The first-order chi connectivity index (χ1) is 11.5. The lowest BCUT2D eigenvalue weighted by Gasteiger charge is -2.09. The Bertz CT molecular complexity index is 883. The lowest BCUT2D eigenvalue weighted by atomic mass is 10.1. The molecule has 0 saturated heterocycles. The zero-order chi connectivity index (χ0) is 17.3. The van der Waals surface area contributed by atoms with E-state index >= 15 is 0 Å². The fraction of sp³-hybridized carbons (Fsp3) is 0.312. The van der Waals surface area contributed by atoms with Gasteiger partial charge >= 0.3 is 0 Å². The molecule has 0 atom stereocenters. The number of hydrogen-bond acceptors (Lipinski definition) is 3. The van der Waals surface area contributed by atoms with E-state index in [1.54, 1.807) is 0 Å². The Kier molecular flexibility index (Phi) is 4.86. The van der Waals surface area contributed by atoms with Gasteiger partial charge in [-0.3, -0.25) is 9.48 Å². The molecule has 126 valence electrons. The second kappa shape index (κ2) is 6.89. The summed E-state index contributed by atoms with van der Waals surface area (Å²) in [4.78, 5) is 12.6. The summed E-state index contributed by atoms with van der Waals surface area (Å²) < 4.78 is 28.0. The average molecular weight is 371 g/mol. The van der Waals surface area contributed by atoms with E-state index in [1.807, 2.05) is 0 Å². The van der Waals surface area contributed by atoms with E-state index < -0.39 is 11.5 Å². The van der Waals surface area contributed by atoms with Crippen LogP contribution >= 0.6 is 23.2 Å². The molecule has 0 bridgehead atoms. The normalized spacial score (nSPS) is 13.9. The van der Waals surface area contributed by atoms with Crippen molar-refractivity contribution < 1.29 is 13.9 Å². The SMILES string of the molecule is C#CCOc1cc(-c2c(F)n3n(c2=O)CCOCC3)c(Cl)cc1Cl. The zero-order valence-electron chi connectivity index (χ0n) is 12.5. The fourth-order valence-electron chi connectivity index (χ4n) is 2.58. The number of aromatic nitrogens is 2. The van der Waals surface area contributed by atoms with Gasteiger partial charge in [0.2, 0.25) is 5.95 Å². The van der Waals surface area contributed by atoms with Crippen LogP contribution in [0.15, 0.2) is 16.9 Å². The third-order valence-electron chi connectivity index (χ3n) is 3.67. The van der Waals surface area contributed by atoms with E-state index in [0.29, 0.717) is 13.2 Å². The summed E-state index contributed by atoms with van der Waals surface area (Å²) in [5.74, 6) is 1.88. The van der Waals surface area contributed by atoms with Crippen LogP contribution in [-0.2, 0) is 17.8 Å². The number of ether oxygens (including phenoxy) is 2. The van der Waals surface area contributed by atoms with E-state index in [9.17, 15) is 9.18 Å². The fourth-order valence-corrected chi connectivity index (χ4v) is 3.12. The second-order valence-corrected chi connectivity index (χ2v) is 5.90. The predicted molar refractivity (Wildman–Crippen MR) is 89.3 cm³/mol. The highest BCUT2D eigenvalue weighted by atomic mass is 35.5. The topological polar surface area (TPSA) is 45.4 Å². The molecule has 24 heavy (non-hydrogen) atoms. The molecule has 0 spiro atoms. The van der Waals surface area contributed by atoms with E-state index in [1.165, 1.54) is 21.5 Å². The van der Waals surface area contributed by atoms with E-state index in [-0.39, 0.29) is 46.6 Å². The number of hydrogen-bond donors (Lipinski definition) is 0. The molecule has 0 amide bonds. The minimum Gasteiger partial charge on any atom is -0.479 e. The quantitative estimate of drug-likeness (QED) is 0.780.